The quantitative estimate of drug-likeness (QED) is 0.0537. The summed E-state index contributed by atoms with van der Waals surface area (Å²) >= 11 is 0. The fraction of sp³-hybridized carbons (Fsp3) is 0.893. The lowest BCUT2D eigenvalue weighted by Gasteiger charge is -2.58. The van der Waals surface area contributed by atoms with Crippen LogP contribution in [0.2, 0.25) is 0 Å². The van der Waals surface area contributed by atoms with Gasteiger partial charge in [-0.15, -0.1) is 0 Å². The number of β-amino-alcohol motifs (C(OH)–C–C–N with tert-alkyl or cyclic N) is 1. The highest BCUT2D eigenvalue weighted by atomic mass is 16.6. The first kappa shape index (κ1) is 52.0. The summed E-state index contributed by atoms with van der Waals surface area (Å²) in [5, 5.41) is 10.1. The van der Waals surface area contributed by atoms with E-state index in [1.807, 2.05) is 0 Å². The zero-order chi connectivity index (χ0) is 44.0. The molecule has 62 heavy (non-hydrogen) atoms. The molecule has 1 aliphatic heterocycles. The summed E-state index contributed by atoms with van der Waals surface area (Å²) in [4.78, 5) is 2.32. The lowest BCUT2D eigenvalue weighted by atomic mass is 9.47. The number of hydrogen-bond donors (Lipinski definition) is 1. The van der Waals surface area contributed by atoms with E-state index in [0.717, 1.165) is 87.4 Å². The fourth-order valence-electron chi connectivity index (χ4n) is 13.3. The fourth-order valence-corrected chi connectivity index (χ4v) is 13.3. The molecule has 3 saturated carbocycles. The molecule has 0 bridgehead atoms. The number of aliphatic hydroxyl groups excluding tert-OH is 1. The Hall–Kier alpha value is -1.02. The number of allylic oxidation sites excluding steroid dienone is 5. The van der Waals surface area contributed by atoms with Gasteiger partial charge in [0.2, 0.25) is 0 Å². The maximum Gasteiger partial charge on any atom is 0.0936 e. The van der Waals surface area contributed by atoms with E-state index in [4.69, 9.17) is 18.9 Å². The summed E-state index contributed by atoms with van der Waals surface area (Å²) in [5.74, 6) is 5.31. The second-order valence-corrected chi connectivity index (χ2v) is 22.0. The van der Waals surface area contributed by atoms with E-state index in [2.05, 4.69) is 76.8 Å². The first-order valence-corrected chi connectivity index (χ1v) is 26.9. The second-order valence-electron chi connectivity index (χ2n) is 22.0. The third-order valence-electron chi connectivity index (χ3n) is 16.9. The molecule has 358 valence electrons. The van der Waals surface area contributed by atoms with Crippen LogP contribution in [0.1, 0.15) is 196 Å². The molecule has 4 aliphatic carbocycles. The minimum atomic E-state index is -0.218. The van der Waals surface area contributed by atoms with E-state index < -0.39 is 0 Å². The van der Waals surface area contributed by atoms with Gasteiger partial charge in [-0.1, -0.05) is 135 Å². The number of fused-ring (bicyclic) bond motifs is 5. The molecule has 5 rings (SSSR count). The van der Waals surface area contributed by atoms with E-state index in [0.29, 0.717) is 50.0 Å². The molecule has 0 spiro atoms. The van der Waals surface area contributed by atoms with Crippen LogP contribution in [-0.4, -0.2) is 87.6 Å². The highest BCUT2D eigenvalue weighted by Gasteiger charge is 2.59. The smallest absolute Gasteiger partial charge is 0.0936 e. The molecule has 0 radical (unpaired) electrons. The zero-order valence-electron chi connectivity index (χ0n) is 41.4. The van der Waals surface area contributed by atoms with Gasteiger partial charge in [0.1, 0.15) is 0 Å². The van der Waals surface area contributed by atoms with Gasteiger partial charge in [0.25, 0.3) is 0 Å². The Kier molecular flexibility index (Phi) is 23.7. The molecule has 0 amide bonds. The predicted octanol–water partition coefficient (Wildman–Crippen LogP) is 13.7. The summed E-state index contributed by atoms with van der Waals surface area (Å²) < 4.78 is 25.0. The number of nitrogens with zero attached hydrogens (tertiary/aromatic N) is 1. The Morgan fingerprint density at radius 2 is 1.52 bits per heavy atom. The highest BCUT2D eigenvalue weighted by molar-refractivity contribution is 5.25. The average molecular weight is 866 g/mol. The molecule has 1 heterocycles. The van der Waals surface area contributed by atoms with Crippen LogP contribution in [0, 0.1) is 46.3 Å². The topological polar surface area (TPSA) is 60.4 Å². The van der Waals surface area contributed by atoms with Crippen LogP contribution in [0.15, 0.2) is 36.0 Å². The van der Waals surface area contributed by atoms with Crippen molar-refractivity contribution in [1.29, 1.82) is 0 Å². The van der Waals surface area contributed by atoms with Crippen molar-refractivity contribution in [2.24, 2.45) is 46.3 Å². The van der Waals surface area contributed by atoms with Crippen molar-refractivity contribution < 1.29 is 24.1 Å². The van der Waals surface area contributed by atoms with Gasteiger partial charge in [0.05, 0.1) is 51.3 Å². The van der Waals surface area contributed by atoms with Crippen molar-refractivity contribution in [3.8, 4) is 0 Å². The number of hydrogen-bond acceptors (Lipinski definition) is 6. The Labute approximate surface area is 383 Å². The van der Waals surface area contributed by atoms with Crippen molar-refractivity contribution in [3.63, 3.8) is 0 Å². The minimum Gasteiger partial charge on any atom is -0.392 e. The van der Waals surface area contributed by atoms with Crippen molar-refractivity contribution in [2.45, 2.75) is 214 Å². The normalized spacial score (nSPS) is 31.2. The number of aliphatic hydroxyl groups is 1. The third-order valence-corrected chi connectivity index (χ3v) is 16.9. The van der Waals surface area contributed by atoms with E-state index in [1.165, 1.54) is 128 Å². The van der Waals surface area contributed by atoms with Crippen LogP contribution in [0.5, 0.6) is 0 Å². The summed E-state index contributed by atoms with van der Waals surface area (Å²) in [7, 11) is 0. The number of likely N-dealkylation sites (tertiary alicyclic amines) is 1. The molecule has 0 aromatic heterocycles. The molecule has 0 aromatic rings. The molecule has 0 aromatic carbocycles. The van der Waals surface area contributed by atoms with Gasteiger partial charge in [-0.3, -0.25) is 4.90 Å². The zero-order valence-corrected chi connectivity index (χ0v) is 41.4. The van der Waals surface area contributed by atoms with Crippen molar-refractivity contribution in [1.82, 2.24) is 4.90 Å². The molecular weight excluding hydrogens is 767 g/mol. The van der Waals surface area contributed by atoms with Crippen LogP contribution < -0.4 is 0 Å². The van der Waals surface area contributed by atoms with E-state index >= 15 is 0 Å². The van der Waals surface area contributed by atoms with Gasteiger partial charge < -0.3 is 24.1 Å². The van der Waals surface area contributed by atoms with E-state index in [9.17, 15) is 5.11 Å². The summed E-state index contributed by atoms with van der Waals surface area (Å²) in [5.41, 5.74) is 2.64. The van der Waals surface area contributed by atoms with Crippen molar-refractivity contribution in [2.75, 3.05) is 59.3 Å². The monoisotopic (exact) mass is 866 g/mol. The van der Waals surface area contributed by atoms with E-state index in [-0.39, 0.29) is 12.2 Å². The van der Waals surface area contributed by atoms with Crippen LogP contribution in [0.3, 0.4) is 0 Å². The number of unbranched alkanes of at least 4 members (excludes halogenated alkanes) is 9. The third kappa shape index (κ3) is 16.4. The lowest BCUT2D eigenvalue weighted by molar-refractivity contribution is -0.0732. The summed E-state index contributed by atoms with van der Waals surface area (Å²) in [6.07, 6.45) is 43.0. The summed E-state index contributed by atoms with van der Waals surface area (Å²) in [6.45, 7) is 21.3. The summed E-state index contributed by atoms with van der Waals surface area (Å²) in [6, 6.07) is 0. The Morgan fingerprint density at radius 3 is 2.27 bits per heavy atom. The molecule has 2 unspecified atom stereocenters. The van der Waals surface area contributed by atoms with Crippen molar-refractivity contribution >= 4 is 0 Å². The highest BCUT2D eigenvalue weighted by Crippen LogP contribution is 2.67. The SMILES string of the molecule is CCCCCC=CCC=CCCCCCCCCOCC(CN1CCC(O)C1)OCCOCCO[C@H]1CC[C@@]2(C)C(=CC[C@H]3[C@@H]4CC[C@H]([C@H](C)CCCC(C)C)[C@@]4(C)CC[C@@H]32)C1. The molecular formula is C56H99NO5. The first-order chi connectivity index (χ1) is 30.1. The van der Waals surface area contributed by atoms with Crippen LogP contribution in [0.25, 0.3) is 0 Å². The van der Waals surface area contributed by atoms with Gasteiger partial charge in [0.15, 0.2) is 0 Å². The van der Waals surface area contributed by atoms with Crippen LogP contribution >= 0.6 is 0 Å². The molecule has 1 saturated heterocycles. The number of ether oxygens (including phenoxy) is 4. The van der Waals surface area contributed by atoms with Gasteiger partial charge in [-0.2, -0.15) is 0 Å². The molecule has 1 N–H and O–H groups in total. The first-order valence-electron chi connectivity index (χ1n) is 26.9. The Morgan fingerprint density at radius 1 is 0.758 bits per heavy atom. The molecule has 5 aliphatic rings. The predicted molar refractivity (Wildman–Crippen MR) is 261 cm³/mol. The standard InChI is InChI=1S/C56H99NO5/c1-7-8-9-10-11-12-13-14-15-16-17-18-19-20-21-22-36-60-44-50(43-57-35-32-48(58)42-57)62-40-38-59-37-39-61-49-30-33-55(5)47(41-49)26-27-51-53-29-28-52(46(4)25-23-24-45(2)3)56(53,6)34-31-54(51)55/h11-12,14-15,26,45-46,48-54,58H,7-10,13,16-25,27-44H2,1-6H3/t46-,48?,49+,50?,51+,52-,53+,54+,55+,56-/m1/s1. The molecule has 6 heteroatoms. The molecule has 4 fully saturated rings. The van der Waals surface area contributed by atoms with Crippen LogP contribution in [-0.2, 0) is 18.9 Å². The maximum absolute atomic E-state index is 10.1. The van der Waals surface area contributed by atoms with Gasteiger partial charge in [0, 0.05) is 26.2 Å². The number of rotatable bonds is 32. The lowest BCUT2D eigenvalue weighted by Crippen LogP contribution is -2.51. The van der Waals surface area contributed by atoms with Crippen molar-refractivity contribution in [3.05, 3.63) is 36.0 Å². The Balaban J connectivity index is 0.912. The van der Waals surface area contributed by atoms with Gasteiger partial charge in [-0.05, 0) is 143 Å². The second kappa shape index (κ2) is 28.2. The molecule has 10 atom stereocenters. The maximum atomic E-state index is 10.1. The van der Waals surface area contributed by atoms with Gasteiger partial charge in [-0.25, -0.2) is 0 Å². The average Bonchev–Trinajstić information content (AvgIpc) is 3.84. The minimum absolute atomic E-state index is 0.000738. The Bertz CT molecular complexity index is 1300. The van der Waals surface area contributed by atoms with E-state index in [1.54, 1.807) is 5.57 Å². The van der Waals surface area contributed by atoms with Gasteiger partial charge >= 0.3 is 0 Å². The molecule has 6 nitrogen and oxygen atoms in total. The largest absolute Gasteiger partial charge is 0.392 e. The van der Waals surface area contributed by atoms with Crippen LogP contribution in [0.4, 0.5) is 0 Å².